The van der Waals surface area contributed by atoms with Gasteiger partial charge in [-0.15, -0.1) is 0 Å². The summed E-state index contributed by atoms with van der Waals surface area (Å²) in [5.41, 5.74) is 2.98. The topological polar surface area (TPSA) is 46.6 Å². The van der Waals surface area contributed by atoms with Gasteiger partial charge in [-0.3, -0.25) is 14.5 Å². The van der Waals surface area contributed by atoms with Crippen molar-refractivity contribution >= 4 is 40.6 Å². The summed E-state index contributed by atoms with van der Waals surface area (Å²) in [4.78, 5) is 26.8. The molecule has 4 nitrogen and oxygen atoms in total. The summed E-state index contributed by atoms with van der Waals surface area (Å²) >= 11 is 6.95. The number of amides is 2. The number of nitrogens with zero attached hydrogens (tertiary/aromatic N) is 1. The molecule has 0 radical (unpaired) electrons. The smallest absolute Gasteiger partial charge is 0.293 e. The minimum Gasteiger partial charge on any atom is -0.489 e. The summed E-state index contributed by atoms with van der Waals surface area (Å²) in [5.74, 6) is -0.266. The largest absolute Gasteiger partial charge is 0.489 e. The molecule has 0 aliphatic carbocycles. The van der Waals surface area contributed by atoms with Crippen molar-refractivity contribution in [1.29, 1.82) is 0 Å². The van der Waals surface area contributed by atoms with Crippen LogP contribution < -0.4 is 4.74 Å². The lowest BCUT2D eigenvalue weighted by Crippen LogP contribution is -2.27. The van der Waals surface area contributed by atoms with Crippen molar-refractivity contribution in [2.75, 3.05) is 0 Å². The van der Waals surface area contributed by atoms with E-state index in [4.69, 9.17) is 16.3 Å². The summed E-state index contributed by atoms with van der Waals surface area (Å²) in [6.07, 6.45) is 1.66. The number of ether oxygens (including phenoxy) is 1. The van der Waals surface area contributed by atoms with Gasteiger partial charge in [-0.05, 0) is 60.2 Å². The lowest BCUT2D eigenvalue weighted by Gasteiger charge is -2.12. The second kappa shape index (κ2) is 9.59. The number of rotatable bonds is 6. The summed E-state index contributed by atoms with van der Waals surface area (Å²) in [6.45, 7) is 2.19. The number of carbonyl (C=O) groups is 2. The molecule has 0 aromatic heterocycles. The Labute approximate surface area is 194 Å². The fraction of sp³-hybridized carbons (Fsp3) is 0.120. The number of hydrogen-bond acceptors (Lipinski definition) is 4. The Morgan fingerprint density at radius 2 is 1.81 bits per heavy atom. The molecule has 32 heavy (non-hydrogen) atoms. The summed E-state index contributed by atoms with van der Waals surface area (Å²) in [5, 5.41) is -0.00757. The van der Waals surface area contributed by atoms with E-state index in [0.717, 1.165) is 22.9 Å². The van der Waals surface area contributed by atoms with Crippen LogP contribution in [0.4, 0.5) is 9.18 Å². The molecule has 7 heteroatoms. The highest BCUT2D eigenvalue weighted by atomic mass is 35.5. The summed E-state index contributed by atoms with van der Waals surface area (Å²) in [6, 6.07) is 19.2. The normalized spacial score (nSPS) is 15.0. The SMILES string of the molecule is Cc1ccc(CN2C(=O)S/C(=C\c3cccc(OCc4c(F)cccc4Cl)c3)C2=O)cc1. The number of benzene rings is 3. The molecule has 4 rings (SSSR count). The van der Waals surface area contributed by atoms with E-state index in [9.17, 15) is 14.0 Å². The molecule has 1 fully saturated rings. The predicted octanol–water partition coefficient (Wildman–Crippen LogP) is 6.60. The Hall–Kier alpha value is -3.09. The lowest BCUT2D eigenvalue weighted by molar-refractivity contribution is -0.123. The van der Waals surface area contributed by atoms with Crippen LogP contribution in [0.15, 0.2) is 71.6 Å². The number of imide groups is 1. The van der Waals surface area contributed by atoms with Crippen molar-refractivity contribution in [1.82, 2.24) is 4.90 Å². The quantitative estimate of drug-likeness (QED) is 0.383. The zero-order valence-electron chi connectivity index (χ0n) is 17.2. The van der Waals surface area contributed by atoms with Gasteiger partial charge in [0.05, 0.1) is 16.5 Å². The Kier molecular flexibility index (Phi) is 6.63. The molecule has 0 spiro atoms. The molecule has 3 aromatic carbocycles. The predicted molar refractivity (Wildman–Crippen MR) is 125 cm³/mol. The highest BCUT2D eigenvalue weighted by Crippen LogP contribution is 2.34. The van der Waals surface area contributed by atoms with E-state index in [-0.39, 0.29) is 29.9 Å². The Morgan fingerprint density at radius 1 is 1.06 bits per heavy atom. The van der Waals surface area contributed by atoms with Crippen molar-refractivity contribution in [3.8, 4) is 5.75 Å². The van der Waals surface area contributed by atoms with Gasteiger partial charge in [0.15, 0.2) is 0 Å². The first-order valence-corrected chi connectivity index (χ1v) is 11.1. The van der Waals surface area contributed by atoms with Crippen molar-refractivity contribution < 1.29 is 18.7 Å². The average Bonchev–Trinajstić information content (AvgIpc) is 3.02. The van der Waals surface area contributed by atoms with Crippen molar-refractivity contribution in [3.63, 3.8) is 0 Å². The zero-order valence-corrected chi connectivity index (χ0v) is 18.8. The second-order valence-electron chi connectivity index (χ2n) is 7.31. The van der Waals surface area contributed by atoms with Crippen LogP contribution in [0.5, 0.6) is 5.75 Å². The molecular formula is C25H19ClFNO3S. The summed E-state index contributed by atoms with van der Waals surface area (Å²) in [7, 11) is 0. The fourth-order valence-electron chi connectivity index (χ4n) is 3.18. The van der Waals surface area contributed by atoms with E-state index < -0.39 is 5.82 Å². The van der Waals surface area contributed by atoms with Gasteiger partial charge in [0.25, 0.3) is 11.1 Å². The first-order valence-electron chi connectivity index (χ1n) is 9.87. The Morgan fingerprint density at radius 3 is 2.56 bits per heavy atom. The number of carbonyl (C=O) groups excluding carboxylic acids is 2. The third-order valence-corrected chi connectivity index (χ3v) is 6.20. The molecule has 0 saturated carbocycles. The van der Waals surface area contributed by atoms with Gasteiger partial charge >= 0.3 is 0 Å². The number of aryl methyl sites for hydroxylation is 1. The van der Waals surface area contributed by atoms with E-state index in [2.05, 4.69) is 0 Å². The van der Waals surface area contributed by atoms with Gasteiger partial charge in [0.1, 0.15) is 18.2 Å². The highest BCUT2D eigenvalue weighted by Gasteiger charge is 2.34. The lowest BCUT2D eigenvalue weighted by atomic mass is 10.1. The standard InChI is InChI=1S/C25H19ClFNO3S/c1-16-8-10-17(11-9-16)14-28-24(29)23(32-25(28)30)13-18-4-2-5-19(12-18)31-15-20-21(26)6-3-7-22(20)27/h2-13H,14-15H2,1H3/b23-13-. The van der Waals surface area contributed by atoms with E-state index in [1.54, 1.807) is 36.4 Å². The molecule has 1 aliphatic heterocycles. The fourth-order valence-corrected chi connectivity index (χ4v) is 4.24. The van der Waals surface area contributed by atoms with Crippen LogP contribution in [0.2, 0.25) is 5.02 Å². The molecule has 0 atom stereocenters. The number of thioether (sulfide) groups is 1. The molecular weight excluding hydrogens is 449 g/mol. The van der Waals surface area contributed by atoms with Crippen LogP contribution in [0, 0.1) is 12.7 Å². The van der Waals surface area contributed by atoms with Gasteiger partial charge < -0.3 is 4.74 Å². The first kappa shape index (κ1) is 22.1. The zero-order chi connectivity index (χ0) is 22.7. The third kappa shape index (κ3) is 5.03. The van der Waals surface area contributed by atoms with Crippen LogP contribution in [-0.4, -0.2) is 16.0 Å². The Bertz CT molecular complexity index is 1190. The van der Waals surface area contributed by atoms with Gasteiger partial charge in [0.2, 0.25) is 0 Å². The van der Waals surface area contributed by atoms with Crippen molar-refractivity contribution in [3.05, 3.63) is 105 Å². The van der Waals surface area contributed by atoms with Crippen molar-refractivity contribution in [2.45, 2.75) is 20.1 Å². The van der Waals surface area contributed by atoms with Crippen LogP contribution in [0.1, 0.15) is 22.3 Å². The van der Waals surface area contributed by atoms with E-state index >= 15 is 0 Å². The third-order valence-electron chi connectivity index (χ3n) is 4.94. The molecule has 1 aliphatic rings. The van der Waals surface area contributed by atoms with Crippen LogP contribution in [0.3, 0.4) is 0 Å². The van der Waals surface area contributed by atoms with Gasteiger partial charge in [0, 0.05) is 5.56 Å². The minimum absolute atomic E-state index is 0.0258. The molecule has 1 saturated heterocycles. The van der Waals surface area contributed by atoms with Gasteiger partial charge in [-0.1, -0.05) is 59.6 Å². The maximum Gasteiger partial charge on any atom is 0.293 e. The van der Waals surface area contributed by atoms with E-state index in [1.807, 2.05) is 31.2 Å². The molecule has 0 unspecified atom stereocenters. The second-order valence-corrected chi connectivity index (χ2v) is 8.72. The van der Waals surface area contributed by atoms with Crippen LogP contribution in [-0.2, 0) is 17.9 Å². The highest BCUT2D eigenvalue weighted by molar-refractivity contribution is 8.18. The number of halogens is 2. The van der Waals surface area contributed by atoms with E-state index in [1.165, 1.54) is 17.0 Å². The maximum absolute atomic E-state index is 13.9. The van der Waals surface area contributed by atoms with Crippen molar-refractivity contribution in [2.24, 2.45) is 0 Å². The molecule has 1 heterocycles. The first-order chi connectivity index (χ1) is 15.4. The molecule has 0 N–H and O–H groups in total. The van der Waals surface area contributed by atoms with Crippen LogP contribution >= 0.6 is 23.4 Å². The molecule has 2 amide bonds. The average molecular weight is 468 g/mol. The van der Waals surface area contributed by atoms with Crippen LogP contribution in [0.25, 0.3) is 6.08 Å². The van der Waals surface area contributed by atoms with E-state index in [0.29, 0.717) is 21.2 Å². The molecule has 162 valence electrons. The minimum atomic E-state index is -0.434. The van der Waals surface area contributed by atoms with Gasteiger partial charge in [-0.25, -0.2) is 4.39 Å². The maximum atomic E-state index is 13.9. The molecule has 0 bridgehead atoms. The Balaban J connectivity index is 1.47. The summed E-state index contributed by atoms with van der Waals surface area (Å²) < 4.78 is 19.6. The van der Waals surface area contributed by atoms with Gasteiger partial charge in [-0.2, -0.15) is 0 Å². The molecule has 3 aromatic rings. The number of hydrogen-bond donors (Lipinski definition) is 0. The monoisotopic (exact) mass is 467 g/mol.